The zero-order valence-electron chi connectivity index (χ0n) is 10.9. The number of aryl methyl sites for hydroxylation is 1. The highest BCUT2D eigenvalue weighted by molar-refractivity contribution is 9.10. The number of nitrogens with two attached hydrogens (primary N) is 1. The number of hydrogen-bond donors (Lipinski definition) is 1. The molecule has 0 bridgehead atoms. The second kappa shape index (κ2) is 5.05. The zero-order valence-corrected chi connectivity index (χ0v) is 12.5. The monoisotopic (exact) mass is 323 g/mol. The van der Waals surface area contributed by atoms with Crippen LogP contribution in [0.2, 0.25) is 0 Å². The molecule has 0 fully saturated rings. The van der Waals surface area contributed by atoms with E-state index in [2.05, 4.69) is 21.0 Å². The van der Waals surface area contributed by atoms with Crippen molar-refractivity contribution in [3.63, 3.8) is 0 Å². The number of nitrogen functional groups attached to an aromatic ring is 1. The van der Waals surface area contributed by atoms with Crippen molar-refractivity contribution < 1.29 is 9.53 Å². The molecule has 2 rings (SSSR count). The lowest BCUT2D eigenvalue weighted by Gasteiger charge is -2.08. The second-order valence-electron chi connectivity index (χ2n) is 4.16. The average molecular weight is 324 g/mol. The highest BCUT2D eigenvalue weighted by Crippen LogP contribution is 2.25. The summed E-state index contributed by atoms with van der Waals surface area (Å²) >= 11 is 3.47. The lowest BCUT2D eigenvalue weighted by Crippen LogP contribution is -2.08. The van der Waals surface area contributed by atoms with Crippen LogP contribution in [-0.2, 0) is 4.74 Å². The second-order valence-corrected chi connectivity index (χ2v) is 4.95. The van der Waals surface area contributed by atoms with E-state index in [0.29, 0.717) is 11.3 Å². The number of carbonyl (C=O) groups is 1. The average Bonchev–Trinajstić information content (AvgIpc) is 2.66. The zero-order chi connectivity index (χ0) is 14.2. The summed E-state index contributed by atoms with van der Waals surface area (Å²) in [5, 5.41) is 4.41. The van der Waals surface area contributed by atoms with E-state index in [1.165, 1.54) is 7.11 Å². The maximum absolute atomic E-state index is 11.6. The number of anilines is 1. The van der Waals surface area contributed by atoms with Gasteiger partial charge in [-0.3, -0.25) is 0 Å². The molecular formula is C13H14BrN3O2. The molecule has 5 nitrogen and oxygen atoms in total. The molecule has 1 aromatic carbocycles. The van der Waals surface area contributed by atoms with Crippen molar-refractivity contribution in [3.05, 3.63) is 39.6 Å². The third-order valence-corrected chi connectivity index (χ3v) is 4.04. The number of ether oxygens (including phenoxy) is 1. The van der Waals surface area contributed by atoms with Gasteiger partial charge in [0.15, 0.2) is 0 Å². The number of methoxy groups -OCH3 is 1. The topological polar surface area (TPSA) is 70.1 Å². The molecule has 100 valence electrons. The Morgan fingerprint density at radius 2 is 2.11 bits per heavy atom. The Kier molecular flexibility index (Phi) is 3.61. The Balaban J connectivity index is 2.57. The lowest BCUT2D eigenvalue weighted by molar-refractivity contribution is 0.0602. The summed E-state index contributed by atoms with van der Waals surface area (Å²) in [5.74, 6) is -0.458. The minimum Gasteiger partial charge on any atom is -0.465 e. The highest BCUT2D eigenvalue weighted by Gasteiger charge is 2.14. The molecule has 0 unspecified atom stereocenters. The third-order valence-electron chi connectivity index (χ3n) is 2.89. The summed E-state index contributed by atoms with van der Waals surface area (Å²) in [5.41, 5.74) is 9.10. The van der Waals surface area contributed by atoms with Crippen LogP contribution < -0.4 is 5.73 Å². The van der Waals surface area contributed by atoms with Gasteiger partial charge >= 0.3 is 5.97 Å². The summed E-state index contributed by atoms with van der Waals surface area (Å²) in [6.07, 6.45) is 0. The van der Waals surface area contributed by atoms with Gasteiger partial charge in [0.05, 0.1) is 34.2 Å². The Labute approximate surface area is 119 Å². The van der Waals surface area contributed by atoms with Crippen molar-refractivity contribution in [2.24, 2.45) is 0 Å². The molecule has 1 aromatic heterocycles. The van der Waals surface area contributed by atoms with E-state index in [1.807, 2.05) is 19.9 Å². The third kappa shape index (κ3) is 2.35. The summed E-state index contributed by atoms with van der Waals surface area (Å²) in [6.45, 7) is 3.85. The van der Waals surface area contributed by atoms with Crippen molar-refractivity contribution >= 4 is 27.6 Å². The van der Waals surface area contributed by atoms with Crippen LogP contribution in [0.15, 0.2) is 22.7 Å². The Morgan fingerprint density at radius 1 is 1.42 bits per heavy atom. The van der Waals surface area contributed by atoms with Gasteiger partial charge < -0.3 is 10.5 Å². The van der Waals surface area contributed by atoms with Gasteiger partial charge in [0.2, 0.25) is 0 Å². The van der Waals surface area contributed by atoms with E-state index in [9.17, 15) is 4.79 Å². The van der Waals surface area contributed by atoms with Gasteiger partial charge in [-0.2, -0.15) is 5.10 Å². The molecule has 2 N–H and O–H groups in total. The first-order chi connectivity index (χ1) is 8.95. The molecule has 0 radical (unpaired) electrons. The van der Waals surface area contributed by atoms with Crippen LogP contribution in [0.5, 0.6) is 0 Å². The number of carbonyl (C=O) groups excluding carboxylic acids is 1. The standard InChI is InChI=1S/C13H14BrN3O2/c1-7-12(14)8(2)17(16-7)9-4-5-11(15)10(6-9)13(18)19-3/h4-6H,15H2,1-3H3. The van der Waals surface area contributed by atoms with Gasteiger partial charge in [0, 0.05) is 5.69 Å². The number of nitrogens with zero attached hydrogens (tertiary/aromatic N) is 2. The highest BCUT2D eigenvalue weighted by atomic mass is 79.9. The maximum Gasteiger partial charge on any atom is 0.340 e. The van der Waals surface area contributed by atoms with E-state index < -0.39 is 5.97 Å². The fourth-order valence-corrected chi connectivity index (χ4v) is 2.09. The largest absolute Gasteiger partial charge is 0.465 e. The molecule has 0 saturated carbocycles. The first-order valence-corrected chi connectivity index (χ1v) is 6.45. The van der Waals surface area contributed by atoms with Crippen molar-refractivity contribution in [1.82, 2.24) is 9.78 Å². The Morgan fingerprint density at radius 3 is 2.63 bits per heavy atom. The summed E-state index contributed by atoms with van der Waals surface area (Å²) < 4.78 is 7.41. The maximum atomic E-state index is 11.6. The van der Waals surface area contributed by atoms with Crippen LogP contribution in [0.1, 0.15) is 21.7 Å². The predicted molar refractivity (Wildman–Crippen MR) is 76.5 cm³/mol. The van der Waals surface area contributed by atoms with Gasteiger partial charge in [-0.05, 0) is 48.0 Å². The minimum atomic E-state index is -0.458. The number of esters is 1. The molecule has 6 heteroatoms. The molecule has 0 aliphatic heterocycles. The number of benzene rings is 1. The van der Waals surface area contributed by atoms with E-state index in [0.717, 1.165) is 21.5 Å². The normalized spacial score (nSPS) is 10.5. The van der Waals surface area contributed by atoms with E-state index in [4.69, 9.17) is 10.5 Å². The SMILES string of the molecule is COC(=O)c1cc(-n2nc(C)c(Br)c2C)ccc1N. The number of halogens is 1. The van der Waals surface area contributed by atoms with Crippen LogP contribution >= 0.6 is 15.9 Å². The van der Waals surface area contributed by atoms with Gasteiger partial charge in [-0.1, -0.05) is 0 Å². The summed E-state index contributed by atoms with van der Waals surface area (Å²) in [6, 6.07) is 5.16. The molecule has 0 saturated heterocycles. The number of hydrogen-bond acceptors (Lipinski definition) is 4. The lowest BCUT2D eigenvalue weighted by atomic mass is 10.1. The Hall–Kier alpha value is -1.82. The molecule has 0 aliphatic carbocycles. The van der Waals surface area contributed by atoms with E-state index >= 15 is 0 Å². The smallest absolute Gasteiger partial charge is 0.340 e. The van der Waals surface area contributed by atoms with E-state index in [-0.39, 0.29) is 0 Å². The van der Waals surface area contributed by atoms with Crippen LogP contribution in [0.3, 0.4) is 0 Å². The molecule has 0 aliphatic rings. The first kappa shape index (κ1) is 13.6. The predicted octanol–water partition coefficient (Wildman–Crippen LogP) is 2.62. The van der Waals surface area contributed by atoms with Gasteiger partial charge in [0.1, 0.15) is 0 Å². The van der Waals surface area contributed by atoms with Gasteiger partial charge in [-0.25, -0.2) is 9.48 Å². The van der Waals surface area contributed by atoms with Crippen molar-refractivity contribution in [2.45, 2.75) is 13.8 Å². The fraction of sp³-hybridized carbons (Fsp3) is 0.231. The van der Waals surface area contributed by atoms with Crippen LogP contribution in [-0.4, -0.2) is 22.9 Å². The van der Waals surface area contributed by atoms with Gasteiger partial charge in [0.25, 0.3) is 0 Å². The molecule has 0 atom stereocenters. The van der Waals surface area contributed by atoms with Crippen molar-refractivity contribution in [2.75, 3.05) is 12.8 Å². The van der Waals surface area contributed by atoms with E-state index in [1.54, 1.807) is 16.8 Å². The van der Waals surface area contributed by atoms with Crippen LogP contribution in [0, 0.1) is 13.8 Å². The number of aromatic nitrogens is 2. The molecule has 19 heavy (non-hydrogen) atoms. The first-order valence-electron chi connectivity index (χ1n) is 5.65. The minimum absolute atomic E-state index is 0.337. The summed E-state index contributed by atoms with van der Waals surface area (Å²) in [7, 11) is 1.33. The quantitative estimate of drug-likeness (QED) is 0.681. The fourth-order valence-electron chi connectivity index (χ4n) is 1.84. The molecule has 2 aromatic rings. The molecule has 1 heterocycles. The molecular weight excluding hydrogens is 310 g/mol. The van der Waals surface area contributed by atoms with Crippen molar-refractivity contribution in [1.29, 1.82) is 0 Å². The van der Waals surface area contributed by atoms with Crippen molar-refractivity contribution in [3.8, 4) is 5.69 Å². The number of rotatable bonds is 2. The summed E-state index contributed by atoms with van der Waals surface area (Å²) in [4.78, 5) is 11.6. The Bertz CT molecular complexity index is 650. The van der Waals surface area contributed by atoms with Crippen LogP contribution in [0.4, 0.5) is 5.69 Å². The van der Waals surface area contributed by atoms with Crippen LogP contribution in [0.25, 0.3) is 5.69 Å². The molecule has 0 amide bonds. The molecule has 0 spiro atoms. The van der Waals surface area contributed by atoms with Gasteiger partial charge in [-0.15, -0.1) is 0 Å².